The summed E-state index contributed by atoms with van der Waals surface area (Å²) in [6, 6.07) is 10.7. The van der Waals surface area contributed by atoms with Crippen molar-refractivity contribution >= 4 is 27.6 Å². The predicted molar refractivity (Wildman–Crippen MR) is 125 cm³/mol. The zero-order valence-corrected chi connectivity index (χ0v) is 18.5. The molecular weight excluding hydrogens is 421 g/mol. The molecule has 1 atom stereocenters. The van der Waals surface area contributed by atoms with Gasteiger partial charge in [-0.2, -0.15) is 5.10 Å². The second-order valence-corrected chi connectivity index (χ2v) is 8.85. The third kappa shape index (κ3) is 4.20. The van der Waals surface area contributed by atoms with Gasteiger partial charge in [0.25, 0.3) is 0 Å². The molecule has 2 N–H and O–H groups in total. The number of carboxylic acid groups (broad SMARTS) is 1. The van der Waals surface area contributed by atoms with Crippen LogP contribution in [0.5, 0.6) is 0 Å². The van der Waals surface area contributed by atoms with Gasteiger partial charge in [0.2, 0.25) is 0 Å². The van der Waals surface area contributed by atoms with Crippen LogP contribution in [-0.2, 0) is 16.0 Å². The summed E-state index contributed by atoms with van der Waals surface area (Å²) in [7, 11) is 0. The Morgan fingerprint density at radius 3 is 2.70 bits per heavy atom. The van der Waals surface area contributed by atoms with Gasteiger partial charge in [-0.15, -0.1) is 0 Å². The molecule has 1 aliphatic rings. The molecule has 0 amide bonds. The summed E-state index contributed by atoms with van der Waals surface area (Å²) in [6.07, 6.45) is 4.59. The van der Waals surface area contributed by atoms with Crippen molar-refractivity contribution in [2.45, 2.75) is 38.5 Å². The Morgan fingerprint density at radius 1 is 1.21 bits per heavy atom. The highest BCUT2D eigenvalue weighted by molar-refractivity contribution is 6.05. The van der Waals surface area contributed by atoms with Gasteiger partial charge < -0.3 is 9.84 Å². The van der Waals surface area contributed by atoms with E-state index in [0.29, 0.717) is 26.1 Å². The number of ether oxygens (including phenoxy) is 1. The van der Waals surface area contributed by atoms with Gasteiger partial charge in [-0.1, -0.05) is 19.1 Å². The number of aromatic nitrogens is 3. The van der Waals surface area contributed by atoms with Crippen LogP contribution in [0, 0.1) is 11.7 Å². The van der Waals surface area contributed by atoms with Crippen molar-refractivity contribution in [3.05, 3.63) is 59.8 Å². The summed E-state index contributed by atoms with van der Waals surface area (Å²) in [5, 5.41) is 19.6. The second-order valence-electron chi connectivity index (χ2n) is 8.85. The van der Waals surface area contributed by atoms with Gasteiger partial charge in [0, 0.05) is 41.2 Å². The summed E-state index contributed by atoms with van der Waals surface area (Å²) in [5.74, 6) is -1.32. The Bertz CT molecular complexity index is 1310. The van der Waals surface area contributed by atoms with E-state index in [4.69, 9.17) is 9.72 Å². The number of halogens is 1. The van der Waals surface area contributed by atoms with Crippen molar-refractivity contribution in [3.8, 4) is 11.1 Å². The molecule has 0 radical (unpaired) electrons. The molecule has 0 spiro atoms. The standard InChI is InChI=1S/C26H26FN3O3/c1-15(26(31)32)2-7-22-20-13-23-18(14-28-30-23)12-21(20)24(16-3-5-19(27)6-4-16)25(29-22)17-8-10-33-11-9-17/h3-6,12-15,17H,2,7-11H2,1H3,(H,28,30)(H,31,32)/t15-/m1/s1. The smallest absolute Gasteiger partial charge is 0.306 e. The van der Waals surface area contributed by atoms with E-state index in [1.165, 1.54) is 12.1 Å². The third-order valence-corrected chi connectivity index (χ3v) is 6.65. The van der Waals surface area contributed by atoms with E-state index in [1.807, 2.05) is 6.07 Å². The number of aliphatic carboxylic acids is 1. The summed E-state index contributed by atoms with van der Waals surface area (Å²) < 4.78 is 19.3. The number of aromatic amines is 1. The minimum Gasteiger partial charge on any atom is -0.481 e. The molecule has 170 valence electrons. The van der Waals surface area contributed by atoms with Crippen LogP contribution >= 0.6 is 0 Å². The summed E-state index contributed by atoms with van der Waals surface area (Å²) >= 11 is 0. The molecule has 4 aromatic rings. The molecule has 0 unspecified atom stereocenters. The van der Waals surface area contributed by atoms with Crippen molar-refractivity contribution in [1.82, 2.24) is 15.2 Å². The highest BCUT2D eigenvalue weighted by atomic mass is 19.1. The quantitative estimate of drug-likeness (QED) is 0.410. The van der Waals surface area contributed by atoms with E-state index in [9.17, 15) is 14.3 Å². The lowest BCUT2D eigenvalue weighted by molar-refractivity contribution is -0.141. The molecule has 1 fully saturated rings. The van der Waals surface area contributed by atoms with Crippen LogP contribution in [-0.4, -0.2) is 39.5 Å². The van der Waals surface area contributed by atoms with Gasteiger partial charge in [0.1, 0.15) is 5.82 Å². The topological polar surface area (TPSA) is 88.1 Å². The molecule has 1 saturated heterocycles. The van der Waals surface area contributed by atoms with Gasteiger partial charge in [-0.25, -0.2) is 4.39 Å². The van der Waals surface area contributed by atoms with Crippen LogP contribution < -0.4 is 0 Å². The molecule has 0 bridgehead atoms. The maximum absolute atomic E-state index is 13.8. The van der Waals surface area contributed by atoms with Crippen molar-refractivity contribution in [3.63, 3.8) is 0 Å². The van der Waals surface area contributed by atoms with Crippen LogP contribution in [0.2, 0.25) is 0 Å². The summed E-state index contributed by atoms with van der Waals surface area (Å²) in [5.41, 5.74) is 4.71. The highest BCUT2D eigenvalue weighted by Gasteiger charge is 2.25. The lowest BCUT2D eigenvalue weighted by atomic mass is 9.86. The zero-order chi connectivity index (χ0) is 22.9. The molecule has 3 heterocycles. The molecule has 6 nitrogen and oxygen atoms in total. The number of carbonyl (C=O) groups is 1. The van der Waals surface area contributed by atoms with Crippen molar-refractivity contribution in [2.24, 2.45) is 5.92 Å². The molecular formula is C26H26FN3O3. The predicted octanol–water partition coefficient (Wildman–Crippen LogP) is 5.46. The first-order valence-electron chi connectivity index (χ1n) is 11.4. The van der Waals surface area contributed by atoms with E-state index in [-0.39, 0.29) is 11.7 Å². The van der Waals surface area contributed by atoms with Crippen LogP contribution in [0.15, 0.2) is 42.6 Å². The summed E-state index contributed by atoms with van der Waals surface area (Å²) in [6.45, 7) is 3.09. The van der Waals surface area contributed by atoms with Crippen LogP contribution in [0.3, 0.4) is 0 Å². The number of H-pyrrole nitrogens is 1. The number of rotatable bonds is 6. The number of aryl methyl sites for hydroxylation is 1. The van der Waals surface area contributed by atoms with Crippen molar-refractivity contribution in [2.75, 3.05) is 13.2 Å². The monoisotopic (exact) mass is 447 g/mol. The molecule has 7 heteroatoms. The fourth-order valence-corrected chi connectivity index (χ4v) is 4.69. The molecule has 33 heavy (non-hydrogen) atoms. The number of hydrogen-bond donors (Lipinski definition) is 2. The van der Waals surface area contributed by atoms with Crippen LogP contribution in [0.1, 0.15) is 43.5 Å². The Morgan fingerprint density at radius 2 is 1.97 bits per heavy atom. The Hall–Kier alpha value is -3.32. The summed E-state index contributed by atoms with van der Waals surface area (Å²) in [4.78, 5) is 16.6. The second kappa shape index (κ2) is 8.90. The Kier molecular flexibility index (Phi) is 5.81. The minimum atomic E-state index is -0.803. The Balaban J connectivity index is 1.76. The number of fused-ring (bicyclic) bond motifs is 2. The highest BCUT2D eigenvalue weighted by Crippen LogP contribution is 2.41. The van der Waals surface area contributed by atoms with Gasteiger partial charge in [0.05, 0.1) is 23.3 Å². The fraction of sp³-hybridized carbons (Fsp3) is 0.346. The van der Waals surface area contributed by atoms with Crippen LogP contribution in [0.25, 0.3) is 32.8 Å². The fourth-order valence-electron chi connectivity index (χ4n) is 4.69. The number of carboxylic acids is 1. The zero-order valence-electron chi connectivity index (χ0n) is 18.5. The van der Waals surface area contributed by atoms with Crippen LogP contribution in [0.4, 0.5) is 4.39 Å². The van der Waals surface area contributed by atoms with Gasteiger partial charge in [-0.05, 0) is 60.9 Å². The maximum atomic E-state index is 13.8. The van der Waals surface area contributed by atoms with E-state index >= 15 is 0 Å². The molecule has 2 aromatic carbocycles. The average molecular weight is 448 g/mol. The number of pyridine rings is 1. The number of nitrogens with one attached hydrogen (secondary N) is 1. The number of nitrogens with zero attached hydrogens (tertiary/aromatic N) is 2. The van der Waals surface area contributed by atoms with E-state index in [0.717, 1.165) is 57.0 Å². The van der Waals surface area contributed by atoms with E-state index in [1.54, 1.807) is 25.3 Å². The lowest BCUT2D eigenvalue weighted by Gasteiger charge is -2.26. The Labute approximate surface area is 190 Å². The van der Waals surface area contributed by atoms with E-state index in [2.05, 4.69) is 16.3 Å². The van der Waals surface area contributed by atoms with Gasteiger partial charge in [-0.3, -0.25) is 14.9 Å². The SMILES string of the molecule is C[C@H](CCc1nc(C2CCOCC2)c(-c2ccc(F)cc2)c2cc3cn[nH]c3cc12)C(=O)O. The normalized spacial score (nSPS) is 15.8. The lowest BCUT2D eigenvalue weighted by Crippen LogP contribution is -2.17. The molecule has 5 rings (SSSR count). The van der Waals surface area contributed by atoms with Gasteiger partial charge >= 0.3 is 5.97 Å². The number of benzene rings is 2. The molecule has 0 saturated carbocycles. The maximum Gasteiger partial charge on any atom is 0.306 e. The first-order chi connectivity index (χ1) is 16.0. The van der Waals surface area contributed by atoms with Gasteiger partial charge in [0.15, 0.2) is 0 Å². The van der Waals surface area contributed by atoms with Crippen molar-refractivity contribution in [1.29, 1.82) is 0 Å². The minimum absolute atomic E-state index is 0.221. The largest absolute Gasteiger partial charge is 0.481 e. The van der Waals surface area contributed by atoms with Crippen molar-refractivity contribution < 1.29 is 19.0 Å². The molecule has 2 aromatic heterocycles. The van der Waals surface area contributed by atoms with E-state index < -0.39 is 11.9 Å². The molecule has 1 aliphatic heterocycles. The average Bonchev–Trinajstić information content (AvgIpc) is 3.29. The first-order valence-corrected chi connectivity index (χ1v) is 11.4. The molecule has 0 aliphatic carbocycles. The number of hydrogen-bond acceptors (Lipinski definition) is 4. The first kappa shape index (κ1) is 21.5. The third-order valence-electron chi connectivity index (χ3n) is 6.65.